The molecule has 0 aliphatic heterocycles. The molecule has 0 aliphatic rings. The van der Waals surface area contributed by atoms with Gasteiger partial charge in [0.15, 0.2) is 11.5 Å². The summed E-state index contributed by atoms with van der Waals surface area (Å²) in [5, 5.41) is 11.7. The van der Waals surface area contributed by atoms with E-state index in [0.717, 1.165) is 11.1 Å². The second-order valence-electron chi connectivity index (χ2n) is 5.86. The first kappa shape index (κ1) is 19.9. The highest BCUT2D eigenvalue weighted by Crippen LogP contribution is 2.38. The Bertz CT molecular complexity index is 803. The third-order valence-electron chi connectivity index (χ3n) is 4.02. The van der Waals surface area contributed by atoms with Gasteiger partial charge < -0.3 is 24.4 Å². The second kappa shape index (κ2) is 9.34. The fourth-order valence-electron chi connectivity index (χ4n) is 2.58. The SMILES string of the molecule is COc1cc(CNC(=O)N(C)Cc2ccc(C#N)cc2)cc(OC)c1OC. The van der Waals surface area contributed by atoms with Crippen molar-refractivity contribution in [2.45, 2.75) is 13.1 Å². The number of carbonyl (C=O) groups excluding carboxylic acids is 1. The van der Waals surface area contributed by atoms with Gasteiger partial charge in [0.05, 0.1) is 33.0 Å². The van der Waals surface area contributed by atoms with Crippen molar-refractivity contribution in [2.75, 3.05) is 28.4 Å². The summed E-state index contributed by atoms with van der Waals surface area (Å²) in [6.45, 7) is 0.750. The Balaban J connectivity index is 2.00. The minimum atomic E-state index is -0.215. The number of nitrogens with zero attached hydrogens (tertiary/aromatic N) is 2. The molecule has 0 atom stereocenters. The summed E-state index contributed by atoms with van der Waals surface area (Å²) < 4.78 is 15.9. The molecule has 7 nitrogen and oxygen atoms in total. The summed E-state index contributed by atoms with van der Waals surface area (Å²) in [7, 11) is 6.35. The average molecular weight is 369 g/mol. The third kappa shape index (κ3) is 5.05. The fourth-order valence-corrected chi connectivity index (χ4v) is 2.58. The van der Waals surface area contributed by atoms with Gasteiger partial charge in [-0.25, -0.2) is 4.79 Å². The molecule has 0 unspecified atom stereocenters. The van der Waals surface area contributed by atoms with Gasteiger partial charge in [0, 0.05) is 20.1 Å². The predicted molar refractivity (Wildman–Crippen MR) is 101 cm³/mol. The zero-order chi connectivity index (χ0) is 19.8. The molecule has 0 aromatic heterocycles. The van der Waals surface area contributed by atoms with E-state index < -0.39 is 0 Å². The number of amides is 2. The lowest BCUT2D eigenvalue weighted by Crippen LogP contribution is -2.36. The first-order valence-electron chi connectivity index (χ1n) is 8.29. The van der Waals surface area contributed by atoms with Crippen LogP contribution < -0.4 is 19.5 Å². The zero-order valence-corrected chi connectivity index (χ0v) is 15.9. The Morgan fingerprint density at radius 3 is 2.11 bits per heavy atom. The summed E-state index contributed by atoms with van der Waals surface area (Å²) >= 11 is 0. The molecule has 2 rings (SSSR count). The van der Waals surface area contributed by atoms with E-state index in [9.17, 15) is 4.79 Å². The van der Waals surface area contributed by atoms with E-state index >= 15 is 0 Å². The fraction of sp³-hybridized carbons (Fsp3) is 0.300. The summed E-state index contributed by atoms with van der Waals surface area (Å²) in [6.07, 6.45) is 0. The molecule has 0 spiro atoms. The topological polar surface area (TPSA) is 83.8 Å². The van der Waals surface area contributed by atoms with Gasteiger partial charge in [-0.3, -0.25) is 0 Å². The van der Waals surface area contributed by atoms with Crippen molar-refractivity contribution in [3.05, 3.63) is 53.1 Å². The number of nitrogens with one attached hydrogen (secondary N) is 1. The van der Waals surface area contributed by atoms with Gasteiger partial charge in [-0.15, -0.1) is 0 Å². The van der Waals surface area contributed by atoms with Crippen LogP contribution in [0.15, 0.2) is 36.4 Å². The number of carbonyl (C=O) groups is 1. The van der Waals surface area contributed by atoms with Gasteiger partial charge in [0.25, 0.3) is 0 Å². The van der Waals surface area contributed by atoms with Crippen LogP contribution in [0.4, 0.5) is 4.79 Å². The maximum Gasteiger partial charge on any atom is 0.317 e. The van der Waals surface area contributed by atoms with E-state index in [4.69, 9.17) is 19.5 Å². The molecule has 7 heteroatoms. The molecule has 0 fully saturated rings. The van der Waals surface area contributed by atoms with Gasteiger partial charge in [0.1, 0.15) is 0 Å². The molecule has 0 radical (unpaired) electrons. The summed E-state index contributed by atoms with van der Waals surface area (Å²) in [4.78, 5) is 13.9. The second-order valence-corrected chi connectivity index (χ2v) is 5.86. The molecular formula is C20H23N3O4. The number of nitriles is 1. The van der Waals surface area contributed by atoms with E-state index in [2.05, 4.69) is 11.4 Å². The molecule has 2 aromatic rings. The lowest BCUT2D eigenvalue weighted by molar-refractivity contribution is 0.206. The van der Waals surface area contributed by atoms with Crippen LogP contribution in [0.1, 0.15) is 16.7 Å². The molecule has 0 saturated carbocycles. The van der Waals surface area contributed by atoms with Crippen LogP contribution in [-0.4, -0.2) is 39.3 Å². The Hall–Kier alpha value is -3.40. The minimum Gasteiger partial charge on any atom is -0.493 e. The number of urea groups is 1. The summed E-state index contributed by atoms with van der Waals surface area (Å²) in [5.41, 5.74) is 2.36. The number of ether oxygens (including phenoxy) is 3. The molecule has 0 heterocycles. The van der Waals surface area contributed by atoms with Crippen LogP contribution in [-0.2, 0) is 13.1 Å². The Morgan fingerprint density at radius 1 is 1.04 bits per heavy atom. The van der Waals surface area contributed by atoms with Gasteiger partial charge in [-0.05, 0) is 35.4 Å². The quantitative estimate of drug-likeness (QED) is 0.811. The smallest absolute Gasteiger partial charge is 0.317 e. The first-order valence-corrected chi connectivity index (χ1v) is 8.29. The first-order chi connectivity index (χ1) is 13.0. The highest BCUT2D eigenvalue weighted by atomic mass is 16.5. The number of hydrogen-bond acceptors (Lipinski definition) is 5. The molecule has 2 amide bonds. The lowest BCUT2D eigenvalue weighted by Gasteiger charge is -2.19. The Kier molecular flexibility index (Phi) is 6.89. The predicted octanol–water partition coefficient (Wildman–Crippen LogP) is 2.93. The van der Waals surface area contributed by atoms with E-state index in [1.54, 1.807) is 57.5 Å². The van der Waals surface area contributed by atoms with Gasteiger partial charge in [-0.1, -0.05) is 12.1 Å². The van der Waals surface area contributed by atoms with Crippen molar-refractivity contribution in [2.24, 2.45) is 0 Å². The van der Waals surface area contributed by atoms with Crippen molar-refractivity contribution in [3.8, 4) is 23.3 Å². The molecule has 27 heavy (non-hydrogen) atoms. The van der Waals surface area contributed by atoms with Gasteiger partial charge in [-0.2, -0.15) is 5.26 Å². The molecular weight excluding hydrogens is 346 g/mol. The largest absolute Gasteiger partial charge is 0.493 e. The lowest BCUT2D eigenvalue weighted by atomic mass is 10.1. The van der Waals surface area contributed by atoms with Crippen molar-refractivity contribution in [3.63, 3.8) is 0 Å². The van der Waals surface area contributed by atoms with Gasteiger partial charge >= 0.3 is 6.03 Å². The van der Waals surface area contributed by atoms with Crippen LogP contribution in [0.3, 0.4) is 0 Å². The average Bonchev–Trinajstić information content (AvgIpc) is 2.71. The van der Waals surface area contributed by atoms with Gasteiger partial charge in [0.2, 0.25) is 5.75 Å². The van der Waals surface area contributed by atoms with E-state index in [1.165, 1.54) is 0 Å². The normalized spacial score (nSPS) is 9.89. The van der Waals surface area contributed by atoms with Crippen LogP contribution in [0, 0.1) is 11.3 Å². The van der Waals surface area contributed by atoms with Crippen LogP contribution in [0.5, 0.6) is 17.2 Å². The van der Waals surface area contributed by atoms with Crippen molar-refractivity contribution in [1.29, 1.82) is 5.26 Å². The number of hydrogen-bond donors (Lipinski definition) is 1. The highest BCUT2D eigenvalue weighted by molar-refractivity contribution is 5.74. The van der Waals surface area contributed by atoms with Crippen LogP contribution >= 0.6 is 0 Å². The monoisotopic (exact) mass is 369 g/mol. The maximum absolute atomic E-state index is 12.4. The van der Waals surface area contributed by atoms with E-state index in [1.807, 2.05) is 12.1 Å². The highest BCUT2D eigenvalue weighted by Gasteiger charge is 2.14. The van der Waals surface area contributed by atoms with Crippen molar-refractivity contribution < 1.29 is 19.0 Å². The molecule has 2 aromatic carbocycles. The van der Waals surface area contributed by atoms with Crippen LogP contribution in [0.25, 0.3) is 0 Å². The molecule has 0 saturated heterocycles. The Morgan fingerprint density at radius 2 is 1.63 bits per heavy atom. The molecule has 1 N–H and O–H groups in total. The summed E-state index contributed by atoms with van der Waals surface area (Å²) in [6, 6.07) is 12.6. The maximum atomic E-state index is 12.4. The van der Waals surface area contributed by atoms with Crippen LogP contribution in [0.2, 0.25) is 0 Å². The Labute approximate surface area is 159 Å². The molecule has 142 valence electrons. The standard InChI is InChI=1S/C20H23N3O4/c1-23(13-15-7-5-14(11-21)6-8-15)20(24)22-12-16-9-17(25-2)19(27-4)18(10-16)26-3/h5-10H,12-13H2,1-4H3,(H,22,24). The van der Waals surface area contributed by atoms with Crippen molar-refractivity contribution in [1.82, 2.24) is 10.2 Å². The summed E-state index contributed by atoms with van der Waals surface area (Å²) in [5.74, 6) is 1.58. The molecule has 0 aliphatic carbocycles. The number of rotatable bonds is 7. The van der Waals surface area contributed by atoms with E-state index in [0.29, 0.717) is 35.9 Å². The van der Waals surface area contributed by atoms with E-state index in [-0.39, 0.29) is 6.03 Å². The zero-order valence-electron chi connectivity index (χ0n) is 15.9. The minimum absolute atomic E-state index is 0.215. The number of methoxy groups -OCH3 is 3. The van der Waals surface area contributed by atoms with Crippen molar-refractivity contribution >= 4 is 6.03 Å². The third-order valence-corrected chi connectivity index (χ3v) is 4.02. The number of benzene rings is 2. The molecule has 0 bridgehead atoms.